The zero-order valence-electron chi connectivity index (χ0n) is 10.3. The van der Waals surface area contributed by atoms with E-state index in [2.05, 4.69) is 4.98 Å². The second-order valence-corrected chi connectivity index (χ2v) is 6.37. The summed E-state index contributed by atoms with van der Waals surface area (Å²) in [7, 11) is -1.10. The number of hydrogen-bond donors (Lipinski definition) is 1. The molecule has 2 N–H and O–H groups in total. The van der Waals surface area contributed by atoms with Crippen LogP contribution in [0.25, 0.3) is 0 Å². The predicted octanol–water partition coefficient (Wildman–Crippen LogP) is 0.0636. The lowest BCUT2D eigenvalue weighted by Gasteiger charge is -2.17. The Morgan fingerprint density at radius 3 is 2.59 bits per heavy atom. The van der Waals surface area contributed by atoms with E-state index in [9.17, 15) is 8.42 Å². The summed E-state index contributed by atoms with van der Waals surface area (Å²) in [5, 5.41) is 0. The van der Waals surface area contributed by atoms with Crippen molar-refractivity contribution >= 4 is 15.7 Å². The highest BCUT2D eigenvalue weighted by Crippen LogP contribution is 2.09. The Morgan fingerprint density at radius 2 is 2.12 bits per heavy atom. The summed E-state index contributed by atoms with van der Waals surface area (Å²) in [5.41, 5.74) is 6.54. The number of pyridine rings is 1. The molecule has 0 spiro atoms. The molecule has 0 unspecified atom stereocenters. The van der Waals surface area contributed by atoms with Crippen LogP contribution in [-0.4, -0.2) is 45.5 Å². The third kappa shape index (κ3) is 5.14. The van der Waals surface area contributed by atoms with Crippen LogP contribution >= 0.6 is 0 Å². The number of rotatable bonds is 6. The molecule has 1 heterocycles. The first-order chi connectivity index (χ1) is 7.92. The van der Waals surface area contributed by atoms with Crippen molar-refractivity contribution in [2.75, 3.05) is 37.0 Å². The van der Waals surface area contributed by atoms with Crippen LogP contribution in [0.4, 0.5) is 5.82 Å². The summed E-state index contributed by atoms with van der Waals surface area (Å²) in [4.78, 5) is 6.10. The van der Waals surface area contributed by atoms with Crippen molar-refractivity contribution in [3.8, 4) is 0 Å². The van der Waals surface area contributed by atoms with Gasteiger partial charge in [-0.25, -0.2) is 13.4 Å². The van der Waals surface area contributed by atoms with Crippen molar-refractivity contribution in [2.45, 2.75) is 6.42 Å². The molecule has 6 heteroatoms. The zero-order valence-corrected chi connectivity index (χ0v) is 11.1. The molecule has 96 valence electrons. The highest BCUT2D eigenvalue weighted by molar-refractivity contribution is 7.90. The van der Waals surface area contributed by atoms with E-state index in [1.807, 2.05) is 24.1 Å². The van der Waals surface area contributed by atoms with Gasteiger partial charge < -0.3 is 10.6 Å². The third-order valence-electron chi connectivity index (χ3n) is 2.43. The van der Waals surface area contributed by atoms with Gasteiger partial charge in [-0.3, -0.25) is 0 Å². The van der Waals surface area contributed by atoms with Gasteiger partial charge in [0.1, 0.15) is 15.7 Å². The van der Waals surface area contributed by atoms with Gasteiger partial charge in [0.2, 0.25) is 0 Å². The first kappa shape index (κ1) is 13.9. The molecule has 0 aliphatic carbocycles. The van der Waals surface area contributed by atoms with Crippen LogP contribution < -0.4 is 10.6 Å². The smallest absolute Gasteiger partial charge is 0.149 e. The number of hydrogen-bond acceptors (Lipinski definition) is 5. The largest absolute Gasteiger partial charge is 0.359 e. The van der Waals surface area contributed by atoms with E-state index in [1.54, 1.807) is 6.20 Å². The summed E-state index contributed by atoms with van der Waals surface area (Å²) < 4.78 is 22.1. The van der Waals surface area contributed by atoms with Crippen LogP contribution in [-0.2, 0) is 16.3 Å². The molecule has 0 amide bonds. The standard InChI is InChI=1S/C11H19N3O2S/c1-14(7-8-17(2,15)16)11-4-3-10(5-6-12)9-13-11/h3-4,9H,5-8,12H2,1-2H3. The average molecular weight is 257 g/mol. The summed E-state index contributed by atoms with van der Waals surface area (Å²) in [6.07, 6.45) is 3.82. The van der Waals surface area contributed by atoms with Gasteiger partial charge in [0.15, 0.2) is 0 Å². The summed E-state index contributed by atoms with van der Waals surface area (Å²) >= 11 is 0. The molecule has 0 fully saturated rings. The highest BCUT2D eigenvalue weighted by atomic mass is 32.2. The first-order valence-corrected chi connectivity index (χ1v) is 7.52. The maximum Gasteiger partial charge on any atom is 0.149 e. The molecule has 17 heavy (non-hydrogen) atoms. The van der Waals surface area contributed by atoms with Crippen LogP contribution in [0.15, 0.2) is 18.3 Å². The minimum Gasteiger partial charge on any atom is -0.359 e. The van der Waals surface area contributed by atoms with Crippen LogP contribution in [0.5, 0.6) is 0 Å². The van der Waals surface area contributed by atoms with E-state index in [4.69, 9.17) is 5.73 Å². The Morgan fingerprint density at radius 1 is 1.41 bits per heavy atom. The van der Waals surface area contributed by atoms with Gasteiger partial charge in [0, 0.05) is 26.0 Å². The van der Waals surface area contributed by atoms with Crippen molar-refractivity contribution in [3.63, 3.8) is 0 Å². The molecule has 0 radical (unpaired) electrons. The number of anilines is 1. The molecule has 0 atom stereocenters. The zero-order chi connectivity index (χ0) is 12.9. The monoisotopic (exact) mass is 257 g/mol. The van der Waals surface area contributed by atoms with Crippen LogP contribution in [0, 0.1) is 0 Å². The molecule has 1 aromatic rings. The molecule has 0 saturated carbocycles. The normalized spacial score (nSPS) is 11.5. The minimum atomic E-state index is -2.93. The Balaban J connectivity index is 2.60. The molecular weight excluding hydrogens is 238 g/mol. The fourth-order valence-electron chi connectivity index (χ4n) is 1.37. The third-order valence-corrected chi connectivity index (χ3v) is 3.35. The summed E-state index contributed by atoms with van der Waals surface area (Å²) in [6, 6.07) is 3.85. The quantitative estimate of drug-likeness (QED) is 0.780. The van der Waals surface area contributed by atoms with Gasteiger partial charge in [-0.1, -0.05) is 6.07 Å². The molecular formula is C11H19N3O2S. The first-order valence-electron chi connectivity index (χ1n) is 5.46. The average Bonchev–Trinajstić information content (AvgIpc) is 2.26. The maximum atomic E-state index is 11.0. The van der Waals surface area contributed by atoms with E-state index in [0.717, 1.165) is 17.8 Å². The molecule has 0 bridgehead atoms. The fourth-order valence-corrected chi connectivity index (χ4v) is 1.98. The van der Waals surface area contributed by atoms with E-state index in [0.29, 0.717) is 13.1 Å². The predicted molar refractivity (Wildman–Crippen MR) is 70.0 cm³/mol. The molecule has 0 aromatic carbocycles. The lowest BCUT2D eigenvalue weighted by atomic mass is 10.2. The van der Waals surface area contributed by atoms with E-state index >= 15 is 0 Å². The number of aromatic nitrogens is 1. The number of nitrogens with two attached hydrogens (primary N) is 1. The topological polar surface area (TPSA) is 76.3 Å². The Bertz CT molecular complexity index is 442. The van der Waals surface area contributed by atoms with Gasteiger partial charge >= 0.3 is 0 Å². The molecule has 1 aromatic heterocycles. The van der Waals surface area contributed by atoms with Gasteiger partial charge in [0.25, 0.3) is 0 Å². The van der Waals surface area contributed by atoms with Crippen LogP contribution in [0.3, 0.4) is 0 Å². The molecule has 0 saturated heterocycles. The van der Waals surface area contributed by atoms with E-state index < -0.39 is 9.84 Å². The Kier molecular flexibility index (Phi) is 4.89. The van der Waals surface area contributed by atoms with Crippen molar-refractivity contribution in [1.29, 1.82) is 0 Å². The molecule has 5 nitrogen and oxygen atoms in total. The second-order valence-electron chi connectivity index (χ2n) is 4.11. The van der Waals surface area contributed by atoms with Crippen LogP contribution in [0.2, 0.25) is 0 Å². The lowest BCUT2D eigenvalue weighted by molar-refractivity contribution is 0.601. The van der Waals surface area contributed by atoms with Crippen molar-refractivity contribution in [1.82, 2.24) is 4.98 Å². The fraction of sp³-hybridized carbons (Fsp3) is 0.545. The Hall–Kier alpha value is -1.14. The lowest BCUT2D eigenvalue weighted by Crippen LogP contribution is -2.25. The van der Waals surface area contributed by atoms with Gasteiger partial charge in [-0.2, -0.15) is 0 Å². The van der Waals surface area contributed by atoms with E-state index in [-0.39, 0.29) is 5.75 Å². The molecule has 0 aliphatic rings. The number of sulfone groups is 1. The van der Waals surface area contributed by atoms with Crippen molar-refractivity contribution in [2.24, 2.45) is 5.73 Å². The minimum absolute atomic E-state index is 0.135. The number of nitrogens with zero attached hydrogens (tertiary/aromatic N) is 2. The summed E-state index contributed by atoms with van der Waals surface area (Å²) in [6.45, 7) is 1.05. The van der Waals surface area contributed by atoms with Crippen molar-refractivity contribution < 1.29 is 8.42 Å². The van der Waals surface area contributed by atoms with Crippen LogP contribution in [0.1, 0.15) is 5.56 Å². The highest BCUT2D eigenvalue weighted by Gasteiger charge is 2.07. The summed E-state index contributed by atoms with van der Waals surface area (Å²) in [5.74, 6) is 0.907. The Labute approximate surface area is 103 Å². The van der Waals surface area contributed by atoms with Gasteiger partial charge in [0.05, 0.1) is 5.75 Å². The van der Waals surface area contributed by atoms with Gasteiger partial charge in [-0.15, -0.1) is 0 Å². The maximum absolute atomic E-state index is 11.0. The molecule has 0 aliphatic heterocycles. The second kappa shape index (κ2) is 5.97. The SMILES string of the molecule is CN(CCS(C)(=O)=O)c1ccc(CCN)cn1. The van der Waals surface area contributed by atoms with E-state index in [1.165, 1.54) is 6.26 Å². The van der Waals surface area contributed by atoms with Crippen molar-refractivity contribution in [3.05, 3.63) is 23.9 Å². The molecule has 1 rings (SSSR count). The van der Waals surface area contributed by atoms with Gasteiger partial charge in [-0.05, 0) is 24.6 Å².